The molecule has 1 aromatic carbocycles. The summed E-state index contributed by atoms with van der Waals surface area (Å²) >= 11 is 6.37. The number of amides is 2. The highest BCUT2D eigenvalue weighted by atomic mass is 35.5. The Bertz CT molecular complexity index is 654. The minimum Gasteiger partial charge on any atom is -0.490 e. The van der Waals surface area contributed by atoms with Gasteiger partial charge in [-0.25, -0.2) is 0 Å². The topological polar surface area (TPSA) is 79.9 Å². The van der Waals surface area contributed by atoms with Crippen molar-refractivity contribution in [1.29, 1.82) is 0 Å². The van der Waals surface area contributed by atoms with Gasteiger partial charge in [0, 0.05) is 26.7 Å². The average Bonchev–Trinajstić information content (AvgIpc) is 2.61. The first-order valence-corrected chi connectivity index (χ1v) is 9.18. The van der Waals surface area contributed by atoms with E-state index < -0.39 is 6.04 Å². The molecular weight excluding hydrogens is 358 g/mol. The number of hydrogen-bond donors (Lipinski definition) is 2. The molecule has 0 radical (unpaired) electrons. The van der Waals surface area contributed by atoms with Gasteiger partial charge in [0.1, 0.15) is 0 Å². The number of rotatable bonds is 8. The maximum absolute atomic E-state index is 12.2. The van der Waals surface area contributed by atoms with Gasteiger partial charge in [-0.05, 0) is 31.5 Å². The van der Waals surface area contributed by atoms with Crippen LogP contribution in [0.25, 0.3) is 0 Å². The highest BCUT2D eigenvalue weighted by molar-refractivity contribution is 6.32. The Balaban J connectivity index is 2.24. The van der Waals surface area contributed by atoms with Crippen LogP contribution >= 0.6 is 11.6 Å². The van der Waals surface area contributed by atoms with Crippen LogP contribution in [0.5, 0.6) is 11.5 Å². The molecule has 0 saturated carbocycles. The normalized spacial score (nSPS) is 17.5. The van der Waals surface area contributed by atoms with Gasteiger partial charge in [0.15, 0.2) is 11.5 Å². The first-order chi connectivity index (χ1) is 12.5. The van der Waals surface area contributed by atoms with Crippen molar-refractivity contribution < 1.29 is 19.1 Å². The first kappa shape index (κ1) is 20.3. The summed E-state index contributed by atoms with van der Waals surface area (Å²) in [6.07, 6.45) is 0.116. The second-order valence-electron chi connectivity index (χ2n) is 5.93. The molecule has 8 heteroatoms. The third-order valence-corrected chi connectivity index (χ3v) is 4.42. The van der Waals surface area contributed by atoms with Crippen molar-refractivity contribution in [2.45, 2.75) is 32.9 Å². The van der Waals surface area contributed by atoms with E-state index in [0.29, 0.717) is 49.4 Å². The van der Waals surface area contributed by atoms with E-state index in [1.807, 2.05) is 30.9 Å². The Hall–Kier alpha value is -1.99. The van der Waals surface area contributed by atoms with Gasteiger partial charge in [-0.3, -0.25) is 14.5 Å². The molecule has 1 aliphatic rings. The van der Waals surface area contributed by atoms with Crippen LogP contribution < -0.4 is 20.1 Å². The number of nitrogens with one attached hydrogen (secondary N) is 2. The van der Waals surface area contributed by atoms with Gasteiger partial charge in [0.05, 0.1) is 30.7 Å². The summed E-state index contributed by atoms with van der Waals surface area (Å²) in [6, 6.07) is 3.19. The lowest BCUT2D eigenvalue weighted by Gasteiger charge is -2.34. The summed E-state index contributed by atoms with van der Waals surface area (Å²) in [5.41, 5.74) is 0.901. The summed E-state index contributed by atoms with van der Waals surface area (Å²) in [7, 11) is 1.56. The third-order valence-electron chi connectivity index (χ3n) is 4.14. The first-order valence-electron chi connectivity index (χ1n) is 8.80. The van der Waals surface area contributed by atoms with Crippen molar-refractivity contribution in [2.24, 2.45) is 0 Å². The number of halogens is 1. The smallest absolute Gasteiger partial charge is 0.237 e. The average molecular weight is 384 g/mol. The van der Waals surface area contributed by atoms with Crippen LogP contribution in [0.15, 0.2) is 12.1 Å². The lowest BCUT2D eigenvalue weighted by atomic mass is 10.1. The lowest BCUT2D eigenvalue weighted by molar-refractivity contribution is -0.134. The van der Waals surface area contributed by atoms with E-state index >= 15 is 0 Å². The zero-order valence-electron chi connectivity index (χ0n) is 15.4. The second-order valence-corrected chi connectivity index (χ2v) is 6.33. The molecule has 0 aliphatic carbocycles. The number of ether oxygens (including phenoxy) is 2. The van der Waals surface area contributed by atoms with Crippen molar-refractivity contribution in [1.82, 2.24) is 15.5 Å². The summed E-state index contributed by atoms with van der Waals surface area (Å²) in [5.74, 6) is 0.804. The van der Waals surface area contributed by atoms with Gasteiger partial charge in [-0.15, -0.1) is 0 Å². The van der Waals surface area contributed by atoms with Gasteiger partial charge in [0.25, 0.3) is 0 Å². The number of hydrogen-bond acceptors (Lipinski definition) is 5. The number of carbonyl (C=O) groups excluding carboxylic acids is 2. The molecule has 1 heterocycles. The summed E-state index contributed by atoms with van der Waals surface area (Å²) < 4.78 is 11.2. The molecule has 2 N–H and O–H groups in total. The predicted molar refractivity (Wildman–Crippen MR) is 99.7 cm³/mol. The Morgan fingerprint density at radius 3 is 2.73 bits per heavy atom. The van der Waals surface area contributed by atoms with E-state index in [1.54, 1.807) is 7.05 Å². The number of nitrogens with zero attached hydrogens (tertiary/aromatic N) is 1. The van der Waals surface area contributed by atoms with Crippen molar-refractivity contribution in [3.8, 4) is 11.5 Å². The lowest BCUT2D eigenvalue weighted by Crippen LogP contribution is -2.55. The number of piperazine rings is 1. The summed E-state index contributed by atoms with van der Waals surface area (Å²) in [5, 5.41) is 5.85. The van der Waals surface area contributed by atoms with Crippen LogP contribution in [0.4, 0.5) is 0 Å². The Kier molecular flexibility index (Phi) is 7.53. The molecule has 1 aliphatic heterocycles. The van der Waals surface area contributed by atoms with Gasteiger partial charge >= 0.3 is 0 Å². The van der Waals surface area contributed by atoms with E-state index in [-0.39, 0.29) is 18.2 Å². The summed E-state index contributed by atoms with van der Waals surface area (Å²) in [6.45, 7) is 6.45. The largest absolute Gasteiger partial charge is 0.490 e. The molecule has 0 spiro atoms. The maximum atomic E-state index is 12.2. The standard InChI is InChI=1S/C18H26ClN3O4/c1-4-25-15-9-12(8-13(19)17(15)26-5-2)11-22-7-6-21-18(24)14(22)10-16(23)20-3/h8-9,14H,4-7,10-11H2,1-3H3,(H,20,23)(H,21,24)/t14-/m0/s1. The molecule has 144 valence electrons. The Morgan fingerprint density at radius 2 is 2.08 bits per heavy atom. The number of benzene rings is 1. The van der Waals surface area contributed by atoms with Crippen LogP contribution in [-0.4, -0.2) is 56.1 Å². The van der Waals surface area contributed by atoms with E-state index in [1.165, 1.54) is 0 Å². The molecule has 1 saturated heterocycles. The van der Waals surface area contributed by atoms with Crippen LogP contribution in [-0.2, 0) is 16.1 Å². The predicted octanol–water partition coefficient (Wildman–Crippen LogP) is 1.57. The van der Waals surface area contributed by atoms with Crippen LogP contribution in [0, 0.1) is 0 Å². The van der Waals surface area contributed by atoms with Gasteiger partial charge < -0.3 is 20.1 Å². The molecule has 7 nitrogen and oxygen atoms in total. The molecule has 1 fully saturated rings. The van der Waals surface area contributed by atoms with Gasteiger partial charge in [-0.1, -0.05) is 11.6 Å². The molecule has 0 aromatic heterocycles. The quantitative estimate of drug-likeness (QED) is 0.712. The van der Waals surface area contributed by atoms with Crippen LogP contribution in [0.2, 0.25) is 5.02 Å². The zero-order valence-corrected chi connectivity index (χ0v) is 16.2. The molecule has 0 unspecified atom stereocenters. The van der Waals surface area contributed by atoms with Crippen LogP contribution in [0.3, 0.4) is 0 Å². The second kappa shape index (κ2) is 9.64. The molecule has 1 aromatic rings. The fourth-order valence-corrected chi connectivity index (χ4v) is 3.23. The Morgan fingerprint density at radius 1 is 1.35 bits per heavy atom. The fraction of sp³-hybridized carbons (Fsp3) is 0.556. The molecule has 1 atom stereocenters. The van der Waals surface area contributed by atoms with Crippen molar-refractivity contribution in [2.75, 3.05) is 33.4 Å². The minimum atomic E-state index is -0.510. The Labute approximate surface area is 159 Å². The van der Waals surface area contributed by atoms with Crippen LogP contribution in [0.1, 0.15) is 25.8 Å². The van der Waals surface area contributed by atoms with E-state index in [2.05, 4.69) is 10.6 Å². The highest BCUT2D eigenvalue weighted by Crippen LogP contribution is 2.37. The zero-order chi connectivity index (χ0) is 19.1. The monoisotopic (exact) mass is 383 g/mol. The van der Waals surface area contributed by atoms with Crippen molar-refractivity contribution in [3.63, 3.8) is 0 Å². The number of carbonyl (C=O) groups is 2. The van der Waals surface area contributed by atoms with E-state index in [0.717, 1.165) is 5.56 Å². The van der Waals surface area contributed by atoms with E-state index in [4.69, 9.17) is 21.1 Å². The summed E-state index contributed by atoms with van der Waals surface area (Å²) in [4.78, 5) is 26.0. The maximum Gasteiger partial charge on any atom is 0.237 e. The SMILES string of the molecule is CCOc1cc(CN2CCNC(=O)[C@@H]2CC(=O)NC)cc(Cl)c1OCC. The molecule has 2 rings (SSSR count). The minimum absolute atomic E-state index is 0.116. The molecule has 0 bridgehead atoms. The van der Waals surface area contributed by atoms with Gasteiger partial charge in [0.2, 0.25) is 11.8 Å². The molecular formula is C18H26ClN3O4. The fourth-order valence-electron chi connectivity index (χ4n) is 2.95. The van der Waals surface area contributed by atoms with Crippen molar-refractivity contribution >= 4 is 23.4 Å². The third kappa shape index (κ3) is 5.02. The van der Waals surface area contributed by atoms with Crippen molar-refractivity contribution in [3.05, 3.63) is 22.7 Å². The van der Waals surface area contributed by atoms with Gasteiger partial charge in [-0.2, -0.15) is 0 Å². The molecule has 2 amide bonds. The highest BCUT2D eigenvalue weighted by Gasteiger charge is 2.31. The molecule has 26 heavy (non-hydrogen) atoms. The van der Waals surface area contributed by atoms with E-state index in [9.17, 15) is 9.59 Å².